The molecule has 5 nitrogen and oxygen atoms in total. The first kappa shape index (κ1) is 14.7. The molecule has 1 saturated heterocycles. The quantitative estimate of drug-likeness (QED) is 0.874. The Kier molecular flexibility index (Phi) is 4.49. The number of hydrogen-bond donors (Lipinski definition) is 2. The van der Waals surface area contributed by atoms with Gasteiger partial charge in [-0.25, -0.2) is 0 Å². The molecule has 0 spiro atoms. The Morgan fingerprint density at radius 3 is 2.60 bits per heavy atom. The van der Waals surface area contributed by atoms with Crippen molar-refractivity contribution < 1.29 is 14.7 Å². The van der Waals surface area contributed by atoms with Gasteiger partial charge in [0.05, 0.1) is 5.56 Å². The molecule has 1 aliphatic heterocycles. The van der Waals surface area contributed by atoms with Crippen LogP contribution in [0.2, 0.25) is 5.02 Å². The summed E-state index contributed by atoms with van der Waals surface area (Å²) in [6.07, 6.45) is 1.43. The number of benzene rings is 1. The van der Waals surface area contributed by atoms with Crippen molar-refractivity contribution in [3.8, 4) is 5.75 Å². The normalized spacial score (nSPS) is 16.0. The molecular weight excluding hydrogens is 280 g/mol. The molecule has 0 radical (unpaired) electrons. The van der Waals surface area contributed by atoms with Crippen LogP contribution >= 0.6 is 11.6 Å². The summed E-state index contributed by atoms with van der Waals surface area (Å²) >= 11 is 5.85. The first-order chi connectivity index (χ1) is 9.47. The summed E-state index contributed by atoms with van der Waals surface area (Å²) in [6.45, 7) is 2.59. The van der Waals surface area contributed by atoms with E-state index in [-0.39, 0.29) is 29.2 Å². The molecule has 108 valence electrons. The molecule has 1 aliphatic rings. The molecule has 0 aliphatic carbocycles. The van der Waals surface area contributed by atoms with Gasteiger partial charge in [-0.05, 0) is 31.0 Å². The van der Waals surface area contributed by atoms with E-state index < -0.39 is 0 Å². The van der Waals surface area contributed by atoms with E-state index in [0.29, 0.717) is 31.0 Å². The van der Waals surface area contributed by atoms with Crippen LogP contribution in [0.1, 0.15) is 30.1 Å². The van der Waals surface area contributed by atoms with Gasteiger partial charge >= 0.3 is 0 Å². The lowest BCUT2D eigenvalue weighted by molar-refractivity contribution is -0.119. The Hall–Kier alpha value is -1.75. The van der Waals surface area contributed by atoms with Crippen molar-refractivity contribution in [1.29, 1.82) is 0 Å². The van der Waals surface area contributed by atoms with Crippen LogP contribution in [-0.2, 0) is 4.79 Å². The third-order valence-corrected chi connectivity index (χ3v) is 3.61. The lowest BCUT2D eigenvalue weighted by Gasteiger charge is -2.32. The van der Waals surface area contributed by atoms with Crippen LogP contribution < -0.4 is 5.32 Å². The van der Waals surface area contributed by atoms with Gasteiger partial charge < -0.3 is 15.3 Å². The Morgan fingerprint density at radius 1 is 1.35 bits per heavy atom. The molecule has 2 N–H and O–H groups in total. The molecule has 1 aromatic carbocycles. The fourth-order valence-electron chi connectivity index (χ4n) is 2.36. The highest BCUT2D eigenvalue weighted by atomic mass is 35.5. The van der Waals surface area contributed by atoms with Gasteiger partial charge in [0.1, 0.15) is 5.75 Å². The fourth-order valence-corrected chi connectivity index (χ4v) is 2.54. The second-order valence-corrected chi connectivity index (χ2v) is 5.36. The van der Waals surface area contributed by atoms with Crippen LogP contribution in [0, 0.1) is 0 Å². The van der Waals surface area contributed by atoms with Crippen LogP contribution in [0.3, 0.4) is 0 Å². The molecular formula is C14H17ClN2O3. The maximum Gasteiger partial charge on any atom is 0.257 e. The SMILES string of the molecule is CC(=O)NC1CCN(C(=O)c2cc(Cl)ccc2O)CC1. The number of aromatic hydroxyl groups is 1. The number of phenolic OH excluding ortho intramolecular Hbond substituents is 1. The average molecular weight is 297 g/mol. The molecule has 20 heavy (non-hydrogen) atoms. The van der Waals surface area contributed by atoms with Crippen molar-refractivity contribution >= 4 is 23.4 Å². The maximum atomic E-state index is 12.3. The van der Waals surface area contributed by atoms with Crippen molar-refractivity contribution in [1.82, 2.24) is 10.2 Å². The maximum absolute atomic E-state index is 12.3. The Labute approximate surface area is 122 Å². The summed E-state index contributed by atoms with van der Waals surface area (Å²) in [7, 11) is 0. The van der Waals surface area contributed by atoms with Crippen molar-refractivity contribution in [3.05, 3.63) is 28.8 Å². The fraction of sp³-hybridized carbons (Fsp3) is 0.429. The minimum Gasteiger partial charge on any atom is -0.507 e. The van der Waals surface area contributed by atoms with E-state index in [9.17, 15) is 14.7 Å². The molecule has 1 fully saturated rings. The third-order valence-electron chi connectivity index (χ3n) is 3.38. The monoisotopic (exact) mass is 296 g/mol. The number of carbonyl (C=O) groups is 2. The highest BCUT2D eigenvalue weighted by Gasteiger charge is 2.25. The van der Waals surface area contributed by atoms with Crippen LogP contribution in [0.15, 0.2) is 18.2 Å². The van der Waals surface area contributed by atoms with Gasteiger partial charge in [-0.2, -0.15) is 0 Å². The van der Waals surface area contributed by atoms with Crippen LogP contribution in [0.4, 0.5) is 0 Å². The number of rotatable bonds is 2. The van der Waals surface area contributed by atoms with Gasteiger partial charge in [-0.15, -0.1) is 0 Å². The van der Waals surface area contributed by atoms with E-state index in [1.807, 2.05) is 0 Å². The van der Waals surface area contributed by atoms with E-state index in [4.69, 9.17) is 11.6 Å². The summed E-state index contributed by atoms with van der Waals surface area (Å²) in [4.78, 5) is 25.0. The van der Waals surface area contributed by atoms with Gasteiger partial charge in [0.15, 0.2) is 0 Å². The Bertz CT molecular complexity index is 525. The first-order valence-corrected chi connectivity index (χ1v) is 6.90. The molecule has 6 heteroatoms. The lowest BCUT2D eigenvalue weighted by atomic mass is 10.0. The number of amides is 2. The Morgan fingerprint density at radius 2 is 2.00 bits per heavy atom. The average Bonchev–Trinajstić information content (AvgIpc) is 2.41. The van der Waals surface area contributed by atoms with E-state index in [0.717, 1.165) is 0 Å². The zero-order valence-electron chi connectivity index (χ0n) is 11.2. The highest BCUT2D eigenvalue weighted by molar-refractivity contribution is 6.31. The van der Waals surface area contributed by atoms with E-state index >= 15 is 0 Å². The first-order valence-electron chi connectivity index (χ1n) is 6.52. The number of likely N-dealkylation sites (tertiary alicyclic amines) is 1. The number of nitrogens with one attached hydrogen (secondary N) is 1. The molecule has 1 heterocycles. The lowest BCUT2D eigenvalue weighted by Crippen LogP contribution is -2.46. The van der Waals surface area contributed by atoms with E-state index in [1.165, 1.54) is 25.1 Å². The largest absolute Gasteiger partial charge is 0.507 e. The third kappa shape index (κ3) is 3.42. The standard InChI is InChI=1S/C14H17ClN2O3/c1-9(18)16-11-4-6-17(7-5-11)14(20)12-8-10(15)2-3-13(12)19/h2-3,8,11,19H,4-7H2,1H3,(H,16,18). The van der Waals surface area contributed by atoms with Crippen molar-refractivity contribution in [3.63, 3.8) is 0 Å². The summed E-state index contributed by atoms with van der Waals surface area (Å²) in [5.74, 6) is -0.350. The minimum atomic E-state index is -0.230. The number of nitrogens with zero attached hydrogens (tertiary/aromatic N) is 1. The van der Waals surface area contributed by atoms with Crippen LogP contribution in [0.25, 0.3) is 0 Å². The zero-order valence-corrected chi connectivity index (χ0v) is 12.0. The second kappa shape index (κ2) is 6.13. The van der Waals surface area contributed by atoms with Gasteiger partial charge in [-0.3, -0.25) is 9.59 Å². The predicted octanol–water partition coefficient (Wildman–Crippen LogP) is 1.79. The molecule has 0 bridgehead atoms. The van der Waals surface area contributed by atoms with Gasteiger partial charge in [-0.1, -0.05) is 11.6 Å². The molecule has 0 saturated carbocycles. The van der Waals surface area contributed by atoms with E-state index in [2.05, 4.69) is 5.32 Å². The number of phenols is 1. The summed E-state index contributed by atoms with van der Waals surface area (Å²) in [6, 6.07) is 4.54. The van der Waals surface area contributed by atoms with Gasteiger partial charge in [0, 0.05) is 31.1 Å². The molecule has 1 aromatic rings. The minimum absolute atomic E-state index is 0.0535. The van der Waals surface area contributed by atoms with Crippen molar-refractivity contribution in [2.24, 2.45) is 0 Å². The van der Waals surface area contributed by atoms with E-state index in [1.54, 1.807) is 4.90 Å². The molecule has 2 rings (SSSR count). The summed E-state index contributed by atoms with van der Waals surface area (Å²) in [5, 5.41) is 13.0. The summed E-state index contributed by atoms with van der Waals surface area (Å²) in [5.41, 5.74) is 0.218. The van der Waals surface area contributed by atoms with Gasteiger partial charge in [0.25, 0.3) is 5.91 Å². The van der Waals surface area contributed by atoms with Gasteiger partial charge in [0.2, 0.25) is 5.91 Å². The Balaban J connectivity index is 2.01. The molecule has 0 aromatic heterocycles. The number of halogens is 1. The number of piperidine rings is 1. The smallest absolute Gasteiger partial charge is 0.257 e. The second-order valence-electron chi connectivity index (χ2n) is 4.93. The number of carbonyl (C=O) groups excluding carboxylic acids is 2. The number of hydrogen-bond acceptors (Lipinski definition) is 3. The predicted molar refractivity (Wildman–Crippen MR) is 75.9 cm³/mol. The zero-order chi connectivity index (χ0) is 14.7. The topological polar surface area (TPSA) is 69.6 Å². The van der Waals surface area contributed by atoms with Crippen LogP contribution in [-0.4, -0.2) is 41.0 Å². The van der Waals surface area contributed by atoms with Crippen molar-refractivity contribution in [2.75, 3.05) is 13.1 Å². The highest BCUT2D eigenvalue weighted by Crippen LogP contribution is 2.24. The van der Waals surface area contributed by atoms with Crippen LogP contribution in [0.5, 0.6) is 5.75 Å². The summed E-state index contributed by atoms with van der Waals surface area (Å²) < 4.78 is 0. The molecule has 0 unspecified atom stereocenters. The molecule has 0 atom stereocenters. The molecule has 2 amide bonds. The van der Waals surface area contributed by atoms with Crippen molar-refractivity contribution in [2.45, 2.75) is 25.8 Å².